The lowest BCUT2D eigenvalue weighted by atomic mass is 9.74. The van der Waals surface area contributed by atoms with Gasteiger partial charge in [-0.3, -0.25) is 14.4 Å². The number of esters is 1. The Labute approximate surface area is 142 Å². The Balaban J connectivity index is 1.83. The second-order valence-electron chi connectivity index (χ2n) is 7.06. The van der Waals surface area contributed by atoms with Gasteiger partial charge in [0.15, 0.2) is 0 Å². The van der Waals surface area contributed by atoms with E-state index in [2.05, 4.69) is 10.6 Å². The van der Waals surface area contributed by atoms with Crippen LogP contribution >= 0.6 is 0 Å². The molecule has 2 atom stereocenters. The Bertz CT molecular complexity index is 607. The summed E-state index contributed by atoms with van der Waals surface area (Å²) >= 11 is 0. The highest BCUT2D eigenvalue weighted by Gasteiger charge is 2.45. The molecular formula is C18H24N2O4. The summed E-state index contributed by atoms with van der Waals surface area (Å²) in [6.45, 7) is 6.36. The van der Waals surface area contributed by atoms with E-state index in [1.807, 2.05) is 51.1 Å². The first-order valence-electron chi connectivity index (χ1n) is 8.04. The van der Waals surface area contributed by atoms with Crippen LogP contribution in [0.3, 0.4) is 0 Å². The van der Waals surface area contributed by atoms with Crippen molar-refractivity contribution in [3.8, 4) is 0 Å². The molecule has 2 N–H and O–H groups in total. The Morgan fingerprint density at radius 3 is 2.54 bits per heavy atom. The number of amides is 2. The minimum atomic E-state index is -0.771. The average Bonchev–Trinajstić information content (AvgIpc) is 2.93. The maximum Gasteiger partial charge on any atom is 0.325 e. The van der Waals surface area contributed by atoms with Gasteiger partial charge in [0.05, 0.1) is 0 Å². The third kappa shape index (κ3) is 4.57. The zero-order valence-corrected chi connectivity index (χ0v) is 14.3. The molecule has 0 aliphatic carbocycles. The number of hydrogen-bond acceptors (Lipinski definition) is 4. The Morgan fingerprint density at radius 1 is 1.25 bits per heavy atom. The molecule has 1 aromatic rings. The molecule has 0 radical (unpaired) electrons. The van der Waals surface area contributed by atoms with Crippen LogP contribution in [0.2, 0.25) is 0 Å². The highest BCUT2D eigenvalue weighted by atomic mass is 16.5. The summed E-state index contributed by atoms with van der Waals surface area (Å²) in [6, 6.07) is 9.29. The van der Waals surface area contributed by atoms with Gasteiger partial charge in [0.1, 0.15) is 19.1 Å². The van der Waals surface area contributed by atoms with Gasteiger partial charge in [-0.25, -0.2) is 0 Å². The fraction of sp³-hybridized carbons (Fsp3) is 0.500. The highest BCUT2D eigenvalue weighted by molar-refractivity contribution is 6.02. The summed E-state index contributed by atoms with van der Waals surface area (Å²) in [5.74, 6) is -2.12. The first kappa shape index (κ1) is 18.0. The average molecular weight is 332 g/mol. The summed E-state index contributed by atoms with van der Waals surface area (Å²) in [5, 5.41) is 5.24. The van der Waals surface area contributed by atoms with Crippen LogP contribution in [0, 0.1) is 17.3 Å². The van der Waals surface area contributed by atoms with Gasteiger partial charge >= 0.3 is 5.97 Å². The van der Waals surface area contributed by atoms with Crippen LogP contribution < -0.4 is 10.6 Å². The molecule has 1 fully saturated rings. The topological polar surface area (TPSA) is 84.5 Å². The van der Waals surface area contributed by atoms with Crippen molar-refractivity contribution in [2.24, 2.45) is 17.3 Å². The van der Waals surface area contributed by atoms with Gasteiger partial charge < -0.3 is 15.4 Å². The number of hydrogen-bond donors (Lipinski definition) is 2. The molecule has 2 rings (SSSR count). The van der Waals surface area contributed by atoms with Gasteiger partial charge in [-0.05, 0) is 11.0 Å². The molecule has 1 heterocycles. The van der Waals surface area contributed by atoms with E-state index in [0.29, 0.717) is 6.54 Å². The molecular weight excluding hydrogens is 308 g/mol. The SMILES string of the molecule is CC(C)(C)[C@H]1CNC(=O)[C@@H]1C(=O)NCC(=O)OCc1ccccc1. The number of carbonyl (C=O) groups is 3. The molecule has 1 saturated heterocycles. The van der Waals surface area contributed by atoms with Crippen molar-refractivity contribution in [1.29, 1.82) is 0 Å². The molecule has 0 saturated carbocycles. The molecule has 1 aliphatic rings. The number of nitrogens with one attached hydrogen (secondary N) is 2. The third-order valence-corrected chi connectivity index (χ3v) is 4.23. The maximum absolute atomic E-state index is 12.3. The molecule has 0 bridgehead atoms. The van der Waals surface area contributed by atoms with Crippen LogP contribution in [0.4, 0.5) is 0 Å². The molecule has 6 heteroatoms. The molecule has 130 valence electrons. The van der Waals surface area contributed by atoms with E-state index in [4.69, 9.17) is 4.74 Å². The fourth-order valence-electron chi connectivity index (χ4n) is 2.79. The number of benzene rings is 1. The predicted molar refractivity (Wildman–Crippen MR) is 88.7 cm³/mol. The summed E-state index contributed by atoms with van der Waals surface area (Å²) < 4.78 is 5.11. The highest BCUT2D eigenvalue weighted by Crippen LogP contribution is 2.35. The lowest BCUT2D eigenvalue weighted by Crippen LogP contribution is -2.42. The molecule has 1 aromatic carbocycles. The summed E-state index contributed by atoms with van der Waals surface area (Å²) in [4.78, 5) is 36.0. The van der Waals surface area contributed by atoms with Crippen LogP contribution in [0.15, 0.2) is 30.3 Å². The van der Waals surface area contributed by atoms with Gasteiger partial charge in [0, 0.05) is 12.5 Å². The lowest BCUT2D eigenvalue weighted by Gasteiger charge is -2.29. The standard InChI is InChI=1S/C18H24N2O4/c1-18(2,3)13-9-19-16(22)15(13)17(23)20-10-14(21)24-11-12-7-5-4-6-8-12/h4-8,13,15H,9-11H2,1-3H3,(H,19,22)(H,20,23)/t13-,15+/m0/s1. The Kier molecular flexibility index (Phi) is 5.59. The molecule has 0 spiro atoms. The van der Waals surface area contributed by atoms with Gasteiger partial charge in [-0.15, -0.1) is 0 Å². The van der Waals surface area contributed by atoms with Crippen LogP contribution in [-0.2, 0) is 25.7 Å². The zero-order valence-electron chi connectivity index (χ0n) is 14.3. The first-order chi connectivity index (χ1) is 11.3. The van der Waals surface area contributed by atoms with Gasteiger partial charge in [0.25, 0.3) is 0 Å². The normalized spacial score (nSPS) is 20.4. The van der Waals surface area contributed by atoms with E-state index >= 15 is 0 Å². The first-order valence-corrected chi connectivity index (χ1v) is 8.04. The van der Waals surface area contributed by atoms with Crippen LogP contribution in [0.25, 0.3) is 0 Å². The van der Waals surface area contributed by atoms with E-state index in [-0.39, 0.29) is 30.4 Å². The Morgan fingerprint density at radius 2 is 1.92 bits per heavy atom. The summed E-state index contributed by atoms with van der Waals surface area (Å²) in [6.07, 6.45) is 0. The van der Waals surface area contributed by atoms with Crippen molar-refractivity contribution >= 4 is 17.8 Å². The quantitative estimate of drug-likeness (QED) is 0.628. The Hall–Kier alpha value is -2.37. The van der Waals surface area contributed by atoms with E-state index in [0.717, 1.165) is 5.56 Å². The molecule has 24 heavy (non-hydrogen) atoms. The van der Waals surface area contributed by atoms with Gasteiger partial charge in [-0.1, -0.05) is 51.1 Å². The van der Waals surface area contributed by atoms with Crippen LogP contribution in [0.1, 0.15) is 26.3 Å². The second-order valence-corrected chi connectivity index (χ2v) is 7.06. The van der Waals surface area contributed by atoms with Gasteiger partial charge in [0.2, 0.25) is 11.8 Å². The molecule has 0 aromatic heterocycles. The van der Waals surface area contributed by atoms with E-state index < -0.39 is 17.8 Å². The van der Waals surface area contributed by atoms with E-state index in [9.17, 15) is 14.4 Å². The van der Waals surface area contributed by atoms with Crippen molar-refractivity contribution < 1.29 is 19.1 Å². The van der Waals surface area contributed by atoms with Crippen molar-refractivity contribution in [3.63, 3.8) is 0 Å². The predicted octanol–water partition coefficient (Wildman–Crippen LogP) is 1.25. The number of ether oxygens (including phenoxy) is 1. The maximum atomic E-state index is 12.3. The minimum absolute atomic E-state index is 0.106. The van der Waals surface area contributed by atoms with Crippen LogP contribution in [-0.4, -0.2) is 30.9 Å². The van der Waals surface area contributed by atoms with Crippen molar-refractivity contribution in [2.45, 2.75) is 27.4 Å². The van der Waals surface area contributed by atoms with E-state index in [1.54, 1.807) is 0 Å². The fourth-order valence-corrected chi connectivity index (χ4v) is 2.79. The van der Waals surface area contributed by atoms with Crippen molar-refractivity contribution in [2.75, 3.05) is 13.1 Å². The minimum Gasteiger partial charge on any atom is -0.460 e. The summed E-state index contributed by atoms with van der Waals surface area (Å²) in [5.41, 5.74) is 0.690. The largest absolute Gasteiger partial charge is 0.460 e. The molecule has 0 unspecified atom stereocenters. The van der Waals surface area contributed by atoms with Crippen molar-refractivity contribution in [3.05, 3.63) is 35.9 Å². The second kappa shape index (κ2) is 7.47. The van der Waals surface area contributed by atoms with E-state index in [1.165, 1.54) is 0 Å². The molecule has 6 nitrogen and oxygen atoms in total. The lowest BCUT2D eigenvalue weighted by molar-refractivity contribution is -0.146. The van der Waals surface area contributed by atoms with Crippen molar-refractivity contribution in [1.82, 2.24) is 10.6 Å². The molecule has 2 amide bonds. The number of carbonyl (C=O) groups excluding carboxylic acids is 3. The van der Waals surface area contributed by atoms with Crippen LogP contribution in [0.5, 0.6) is 0 Å². The van der Waals surface area contributed by atoms with Gasteiger partial charge in [-0.2, -0.15) is 0 Å². The summed E-state index contributed by atoms with van der Waals surface area (Å²) in [7, 11) is 0. The smallest absolute Gasteiger partial charge is 0.325 e. The third-order valence-electron chi connectivity index (χ3n) is 4.23. The molecule has 1 aliphatic heterocycles. The monoisotopic (exact) mass is 332 g/mol. The number of rotatable bonds is 5. The zero-order chi connectivity index (χ0) is 17.7.